The van der Waals surface area contributed by atoms with Gasteiger partial charge in [-0.3, -0.25) is 0 Å². The first-order valence-electron chi connectivity index (χ1n) is 5.89. The van der Waals surface area contributed by atoms with Gasteiger partial charge < -0.3 is 24.8 Å². The van der Waals surface area contributed by atoms with Crippen molar-refractivity contribution in [2.24, 2.45) is 5.73 Å². The van der Waals surface area contributed by atoms with Crippen LogP contribution in [0.25, 0.3) is 0 Å². The summed E-state index contributed by atoms with van der Waals surface area (Å²) in [5.74, 6) is 2.10. The van der Waals surface area contributed by atoms with E-state index in [1.165, 1.54) is 0 Å². The first-order valence-corrected chi connectivity index (χ1v) is 5.89. The first kappa shape index (κ1) is 14.4. The quantitative estimate of drug-likeness (QED) is 0.799. The summed E-state index contributed by atoms with van der Waals surface area (Å²) in [6.45, 7) is 1.53. The van der Waals surface area contributed by atoms with Gasteiger partial charge in [-0.15, -0.1) is 0 Å². The van der Waals surface area contributed by atoms with E-state index in [1.54, 1.807) is 21.3 Å². The Bertz CT molecular complexity index is 383. The molecular weight excluding hydrogens is 232 g/mol. The molecule has 18 heavy (non-hydrogen) atoms. The highest BCUT2D eigenvalue weighted by Gasteiger charge is 2.14. The van der Waals surface area contributed by atoms with Gasteiger partial charge in [-0.05, 0) is 13.0 Å². The second kappa shape index (κ2) is 6.96. The van der Waals surface area contributed by atoms with E-state index in [1.807, 2.05) is 19.2 Å². The molecule has 0 aliphatic heterocycles. The summed E-state index contributed by atoms with van der Waals surface area (Å²) in [6, 6.07) is 3.74. The Kier molecular flexibility index (Phi) is 5.58. The fourth-order valence-electron chi connectivity index (χ4n) is 1.76. The van der Waals surface area contributed by atoms with E-state index in [-0.39, 0.29) is 0 Å². The molecule has 0 saturated carbocycles. The third-order valence-electron chi connectivity index (χ3n) is 2.79. The summed E-state index contributed by atoms with van der Waals surface area (Å²) in [7, 11) is 6.87. The van der Waals surface area contributed by atoms with E-state index in [0.29, 0.717) is 18.0 Å². The molecule has 1 aromatic carbocycles. The van der Waals surface area contributed by atoms with Crippen molar-refractivity contribution in [1.29, 1.82) is 0 Å². The molecular formula is C13H22N2O3. The molecule has 0 fully saturated rings. The van der Waals surface area contributed by atoms with E-state index < -0.39 is 0 Å². The van der Waals surface area contributed by atoms with Gasteiger partial charge in [0.05, 0.1) is 27.0 Å². The molecule has 0 heterocycles. The molecule has 0 aromatic heterocycles. The Labute approximate surface area is 108 Å². The van der Waals surface area contributed by atoms with Crippen LogP contribution in [0.1, 0.15) is 6.42 Å². The van der Waals surface area contributed by atoms with Crippen molar-refractivity contribution >= 4 is 5.69 Å². The highest BCUT2D eigenvalue weighted by molar-refractivity contribution is 5.65. The number of hydrogen-bond donors (Lipinski definition) is 1. The zero-order valence-corrected chi connectivity index (χ0v) is 11.5. The van der Waals surface area contributed by atoms with Gasteiger partial charge in [0, 0.05) is 25.7 Å². The van der Waals surface area contributed by atoms with Gasteiger partial charge in [0.1, 0.15) is 5.75 Å². The van der Waals surface area contributed by atoms with Crippen LogP contribution < -0.4 is 24.8 Å². The molecule has 0 aliphatic carbocycles. The van der Waals surface area contributed by atoms with Crippen LogP contribution in [0.3, 0.4) is 0 Å². The average Bonchev–Trinajstić information content (AvgIpc) is 2.42. The molecule has 0 atom stereocenters. The number of methoxy groups -OCH3 is 3. The summed E-state index contributed by atoms with van der Waals surface area (Å²) in [6.07, 6.45) is 0.925. The molecule has 0 unspecified atom stereocenters. The first-order chi connectivity index (χ1) is 8.67. The van der Waals surface area contributed by atoms with Crippen LogP contribution in [0.2, 0.25) is 0 Å². The SMILES string of the molecule is COc1cc(OC)c(N(C)CCCN)cc1OC. The number of anilines is 1. The molecule has 0 bridgehead atoms. The Balaban J connectivity index is 3.08. The maximum Gasteiger partial charge on any atom is 0.164 e. The van der Waals surface area contributed by atoms with Crippen LogP contribution in [0, 0.1) is 0 Å². The van der Waals surface area contributed by atoms with Crippen molar-refractivity contribution < 1.29 is 14.2 Å². The summed E-state index contributed by atoms with van der Waals surface area (Å²) in [5, 5.41) is 0. The number of ether oxygens (including phenoxy) is 3. The highest BCUT2D eigenvalue weighted by Crippen LogP contribution is 2.39. The van der Waals surface area contributed by atoms with E-state index in [4.69, 9.17) is 19.9 Å². The van der Waals surface area contributed by atoms with Gasteiger partial charge in [0.2, 0.25) is 0 Å². The summed E-state index contributed by atoms with van der Waals surface area (Å²) in [5.41, 5.74) is 6.49. The summed E-state index contributed by atoms with van der Waals surface area (Å²) in [4.78, 5) is 2.09. The van der Waals surface area contributed by atoms with Gasteiger partial charge in [0.25, 0.3) is 0 Å². The molecule has 0 radical (unpaired) electrons. The van der Waals surface area contributed by atoms with Crippen molar-refractivity contribution in [3.05, 3.63) is 12.1 Å². The smallest absolute Gasteiger partial charge is 0.164 e. The van der Waals surface area contributed by atoms with Crippen LogP contribution in [0.5, 0.6) is 17.2 Å². The molecule has 1 rings (SSSR count). The lowest BCUT2D eigenvalue weighted by molar-refractivity contribution is 0.349. The van der Waals surface area contributed by atoms with Crippen molar-refractivity contribution in [1.82, 2.24) is 0 Å². The van der Waals surface area contributed by atoms with Gasteiger partial charge in [0.15, 0.2) is 11.5 Å². The predicted molar refractivity (Wildman–Crippen MR) is 73.0 cm³/mol. The highest BCUT2D eigenvalue weighted by atomic mass is 16.5. The Hall–Kier alpha value is -1.62. The molecule has 2 N–H and O–H groups in total. The van der Waals surface area contributed by atoms with E-state index in [9.17, 15) is 0 Å². The number of hydrogen-bond acceptors (Lipinski definition) is 5. The van der Waals surface area contributed by atoms with Gasteiger partial charge >= 0.3 is 0 Å². The molecule has 0 amide bonds. The lowest BCUT2D eigenvalue weighted by Crippen LogP contribution is -2.21. The molecule has 0 spiro atoms. The fraction of sp³-hybridized carbons (Fsp3) is 0.538. The molecule has 102 valence electrons. The Morgan fingerprint density at radius 3 is 2.06 bits per heavy atom. The average molecular weight is 254 g/mol. The lowest BCUT2D eigenvalue weighted by Gasteiger charge is -2.23. The summed E-state index contributed by atoms with van der Waals surface area (Å²) < 4.78 is 15.9. The van der Waals surface area contributed by atoms with E-state index in [0.717, 1.165) is 24.4 Å². The van der Waals surface area contributed by atoms with Crippen LogP contribution in [0.4, 0.5) is 5.69 Å². The minimum absolute atomic E-state index is 0.658. The zero-order valence-electron chi connectivity index (χ0n) is 11.5. The molecule has 5 heteroatoms. The third-order valence-corrected chi connectivity index (χ3v) is 2.79. The van der Waals surface area contributed by atoms with Crippen molar-refractivity contribution in [3.8, 4) is 17.2 Å². The van der Waals surface area contributed by atoms with Gasteiger partial charge in [-0.2, -0.15) is 0 Å². The number of rotatable bonds is 7. The molecule has 0 saturated heterocycles. The summed E-state index contributed by atoms with van der Waals surface area (Å²) >= 11 is 0. The van der Waals surface area contributed by atoms with Crippen LogP contribution >= 0.6 is 0 Å². The van der Waals surface area contributed by atoms with Crippen LogP contribution in [0.15, 0.2) is 12.1 Å². The van der Waals surface area contributed by atoms with Crippen molar-refractivity contribution in [2.45, 2.75) is 6.42 Å². The third kappa shape index (κ3) is 3.20. The van der Waals surface area contributed by atoms with E-state index in [2.05, 4.69) is 4.90 Å². The van der Waals surface area contributed by atoms with Crippen LogP contribution in [-0.4, -0.2) is 41.5 Å². The van der Waals surface area contributed by atoms with E-state index >= 15 is 0 Å². The normalized spacial score (nSPS) is 10.1. The minimum Gasteiger partial charge on any atom is -0.494 e. The standard InChI is InChI=1S/C13H22N2O3/c1-15(7-5-6-14)10-8-12(17-3)13(18-4)9-11(10)16-2/h8-9H,5-7,14H2,1-4H3. The molecule has 5 nitrogen and oxygen atoms in total. The largest absolute Gasteiger partial charge is 0.494 e. The molecule has 0 aliphatic rings. The number of benzene rings is 1. The Morgan fingerprint density at radius 1 is 1.00 bits per heavy atom. The lowest BCUT2D eigenvalue weighted by atomic mass is 10.2. The minimum atomic E-state index is 0.658. The second-order valence-corrected chi connectivity index (χ2v) is 3.94. The fourth-order valence-corrected chi connectivity index (χ4v) is 1.76. The van der Waals surface area contributed by atoms with Gasteiger partial charge in [-0.25, -0.2) is 0 Å². The maximum atomic E-state index is 5.52. The maximum absolute atomic E-state index is 5.52. The Morgan fingerprint density at radius 2 is 1.56 bits per heavy atom. The van der Waals surface area contributed by atoms with Gasteiger partial charge in [-0.1, -0.05) is 0 Å². The zero-order chi connectivity index (χ0) is 13.5. The number of nitrogens with zero attached hydrogens (tertiary/aromatic N) is 1. The molecule has 1 aromatic rings. The predicted octanol–water partition coefficient (Wildman–Crippen LogP) is 1.50. The number of nitrogens with two attached hydrogens (primary N) is 1. The second-order valence-electron chi connectivity index (χ2n) is 3.94. The topological polar surface area (TPSA) is 57.0 Å². The van der Waals surface area contributed by atoms with Crippen molar-refractivity contribution in [3.63, 3.8) is 0 Å². The van der Waals surface area contributed by atoms with Crippen molar-refractivity contribution in [2.75, 3.05) is 46.4 Å². The monoisotopic (exact) mass is 254 g/mol. The van der Waals surface area contributed by atoms with Crippen LogP contribution in [-0.2, 0) is 0 Å².